The van der Waals surface area contributed by atoms with E-state index in [1.54, 1.807) is 0 Å². The smallest absolute Gasteiger partial charge is 0.370 e. The van der Waals surface area contributed by atoms with Gasteiger partial charge in [-0.25, -0.2) is 0 Å². The lowest BCUT2D eigenvalue weighted by Gasteiger charge is -2.31. The summed E-state index contributed by atoms with van der Waals surface area (Å²) < 4.78 is 38.6. The van der Waals surface area contributed by atoms with Crippen molar-refractivity contribution in [1.82, 2.24) is 4.90 Å². The number of hydrogen-bond donors (Lipinski definition) is 0. The maximum absolute atomic E-state index is 12.9. The van der Waals surface area contributed by atoms with Gasteiger partial charge in [0.15, 0.2) is 0 Å². The molecule has 3 aromatic rings. The lowest BCUT2D eigenvalue weighted by Crippen LogP contribution is -2.31. The van der Waals surface area contributed by atoms with Crippen LogP contribution in [0, 0.1) is 0 Å². The van der Waals surface area contributed by atoms with E-state index < -0.39 is 11.7 Å². The van der Waals surface area contributed by atoms with Gasteiger partial charge in [0.2, 0.25) is 0 Å². The van der Waals surface area contributed by atoms with Gasteiger partial charge in [-0.1, -0.05) is 60.7 Å². The zero-order valence-corrected chi connectivity index (χ0v) is 19.1. The van der Waals surface area contributed by atoms with Crippen LogP contribution in [-0.2, 0) is 24.1 Å². The molecule has 1 aliphatic heterocycles. The third-order valence-corrected chi connectivity index (χ3v) is 6.19. The molecule has 0 unspecified atom stereocenters. The molecule has 0 fully saturated rings. The summed E-state index contributed by atoms with van der Waals surface area (Å²) in [5, 5.41) is 0. The Balaban J connectivity index is 1.54. The Bertz CT molecular complexity index is 1150. The molecular formula is C28H27F3N2O. The van der Waals surface area contributed by atoms with Crippen LogP contribution in [0.25, 0.3) is 5.57 Å². The third kappa shape index (κ3) is 5.57. The van der Waals surface area contributed by atoms with E-state index in [9.17, 15) is 18.0 Å². The Morgan fingerprint density at radius 3 is 2.26 bits per heavy atom. The van der Waals surface area contributed by atoms with E-state index in [2.05, 4.69) is 17.0 Å². The zero-order chi connectivity index (χ0) is 24.1. The summed E-state index contributed by atoms with van der Waals surface area (Å²) in [6.45, 7) is 2.68. The minimum absolute atomic E-state index is 0.457. The molecule has 0 radical (unpaired) electrons. The second kappa shape index (κ2) is 10.3. The molecule has 0 saturated heterocycles. The molecule has 0 amide bonds. The molecular weight excluding hydrogens is 437 g/mol. The maximum atomic E-state index is 12.9. The predicted octanol–water partition coefficient (Wildman–Crippen LogP) is 6.20. The number of nitrogens with zero attached hydrogens (tertiary/aromatic N) is 2. The average molecular weight is 465 g/mol. The minimum Gasteiger partial charge on any atom is -0.370 e. The zero-order valence-electron chi connectivity index (χ0n) is 19.1. The van der Waals surface area contributed by atoms with Crippen LogP contribution in [-0.4, -0.2) is 31.3 Å². The number of benzene rings is 3. The molecule has 1 aliphatic rings. The number of alkyl halides is 3. The number of rotatable bonds is 7. The topological polar surface area (TPSA) is 23.6 Å². The Kier molecular flexibility index (Phi) is 7.17. The number of halogens is 3. The van der Waals surface area contributed by atoms with Crippen LogP contribution in [0.1, 0.15) is 28.7 Å². The first-order valence-corrected chi connectivity index (χ1v) is 11.3. The van der Waals surface area contributed by atoms with Crippen LogP contribution in [0.4, 0.5) is 18.9 Å². The summed E-state index contributed by atoms with van der Waals surface area (Å²) in [7, 11) is 1.92. The molecule has 3 aromatic carbocycles. The molecule has 0 atom stereocenters. The molecule has 0 aromatic heterocycles. The molecule has 0 bridgehead atoms. The van der Waals surface area contributed by atoms with Gasteiger partial charge in [-0.15, -0.1) is 0 Å². The van der Waals surface area contributed by atoms with Crippen LogP contribution in [0.2, 0.25) is 0 Å². The van der Waals surface area contributed by atoms with Gasteiger partial charge in [0, 0.05) is 50.1 Å². The fourth-order valence-corrected chi connectivity index (χ4v) is 4.46. The van der Waals surface area contributed by atoms with Crippen LogP contribution >= 0.6 is 0 Å². The van der Waals surface area contributed by atoms with E-state index in [0.29, 0.717) is 13.1 Å². The summed E-state index contributed by atoms with van der Waals surface area (Å²) in [5.74, 6) is 0. The van der Waals surface area contributed by atoms with Crippen molar-refractivity contribution in [3.05, 3.63) is 107 Å². The van der Waals surface area contributed by atoms with Crippen LogP contribution in [0.5, 0.6) is 0 Å². The highest BCUT2D eigenvalue weighted by atomic mass is 19.4. The fourth-order valence-electron chi connectivity index (χ4n) is 4.46. The van der Waals surface area contributed by atoms with Crippen molar-refractivity contribution in [1.29, 1.82) is 0 Å². The Labute approximate surface area is 198 Å². The van der Waals surface area contributed by atoms with Gasteiger partial charge >= 0.3 is 6.18 Å². The highest BCUT2D eigenvalue weighted by molar-refractivity contribution is 5.92. The minimum atomic E-state index is -4.34. The molecule has 6 heteroatoms. The number of hydrogen-bond acceptors (Lipinski definition) is 3. The van der Waals surface area contributed by atoms with Crippen molar-refractivity contribution >= 4 is 17.5 Å². The number of anilines is 1. The van der Waals surface area contributed by atoms with Crippen molar-refractivity contribution in [2.24, 2.45) is 0 Å². The largest absolute Gasteiger partial charge is 0.416 e. The number of carbonyl (C=O) groups excluding carboxylic acids is 1. The number of aldehydes is 1. The van der Waals surface area contributed by atoms with Crippen LogP contribution < -0.4 is 4.90 Å². The fraction of sp³-hybridized carbons (Fsp3) is 0.250. The van der Waals surface area contributed by atoms with E-state index in [1.165, 1.54) is 17.7 Å². The monoisotopic (exact) mass is 464 g/mol. The molecule has 176 valence electrons. The molecule has 0 N–H and O–H groups in total. The van der Waals surface area contributed by atoms with E-state index >= 15 is 0 Å². The number of carbonyl (C=O) groups is 1. The molecule has 0 saturated carbocycles. The van der Waals surface area contributed by atoms with Gasteiger partial charge in [-0.3, -0.25) is 9.69 Å². The van der Waals surface area contributed by atoms with Crippen molar-refractivity contribution in [3.63, 3.8) is 0 Å². The summed E-state index contributed by atoms with van der Waals surface area (Å²) in [4.78, 5) is 16.3. The highest BCUT2D eigenvalue weighted by Crippen LogP contribution is 2.34. The third-order valence-electron chi connectivity index (χ3n) is 6.19. The number of para-hydroxylation sites is 1. The summed E-state index contributed by atoms with van der Waals surface area (Å²) in [6, 6.07) is 23.4. The second-order valence-electron chi connectivity index (χ2n) is 8.64. The Morgan fingerprint density at radius 1 is 0.912 bits per heavy atom. The van der Waals surface area contributed by atoms with Crippen molar-refractivity contribution in [2.75, 3.05) is 25.0 Å². The van der Waals surface area contributed by atoms with Crippen molar-refractivity contribution < 1.29 is 18.0 Å². The molecule has 3 nitrogen and oxygen atoms in total. The molecule has 34 heavy (non-hydrogen) atoms. The van der Waals surface area contributed by atoms with E-state index in [1.807, 2.05) is 54.4 Å². The standard InChI is InChI=1S/C28H27F3N2O/c1-32(17-22-11-13-24(14-12-22)28(29,30)31)27-10-6-5-9-26(27)25-15-16-33(19-23(25)20-34)18-21-7-3-2-4-8-21/h2-14,20H,15-19H2,1H3. The first-order chi connectivity index (χ1) is 16.3. The van der Waals surface area contributed by atoms with Crippen LogP contribution in [0.15, 0.2) is 84.4 Å². The predicted molar refractivity (Wildman–Crippen MR) is 129 cm³/mol. The summed E-state index contributed by atoms with van der Waals surface area (Å²) >= 11 is 0. The van der Waals surface area contributed by atoms with Gasteiger partial charge in [0.25, 0.3) is 0 Å². The van der Waals surface area contributed by atoms with Gasteiger partial charge in [-0.2, -0.15) is 13.2 Å². The molecule has 0 aliphatic carbocycles. The van der Waals surface area contributed by atoms with Crippen molar-refractivity contribution in [2.45, 2.75) is 25.7 Å². The van der Waals surface area contributed by atoms with E-state index in [4.69, 9.17) is 0 Å². The normalized spacial score (nSPS) is 14.8. The maximum Gasteiger partial charge on any atom is 0.416 e. The molecule has 1 heterocycles. The average Bonchev–Trinajstić information content (AvgIpc) is 2.84. The first kappa shape index (κ1) is 23.8. The van der Waals surface area contributed by atoms with Gasteiger partial charge in [-0.05, 0) is 41.3 Å². The molecule has 0 spiro atoms. The lowest BCUT2D eigenvalue weighted by molar-refractivity contribution is -0.137. The van der Waals surface area contributed by atoms with Crippen LogP contribution in [0.3, 0.4) is 0 Å². The molecule has 4 rings (SSSR count). The SMILES string of the molecule is CN(Cc1ccc(C(F)(F)F)cc1)c1ccccc1C1=C(C=O)CN(Cc2ccccc2)CC1. The summed E-state index contributed by atoms with van der Waals surface area (Å²) in [5.41, 5.74) is 5.11. The van der Waals surface area contributed by atoms with E-state index in [0.717, 1.165) is 65.9 Å². The van der Waals surface area contributed by atoms with Gasteiger partial charge in [0.1, 0.15) is 6.29 Å². The van der Waals surface area contributed by atoms with Gasteiger partial charge in [0.05, 0.1) is 5.56 Å². The Morgan fingerprint density at radius 2 is 1.59 bits per heavy atom. The second-order valence-corrected chi connectivity index (χ2v) is 8.64. The van der Waals surface area contributed by atoms with Crippen molar-refractivity contribution in [3.8, 4) is 0 Å². The Hall–Kier alpha value is -3.38. The quantitative estimate of drug-likeness (QED) is 0.389. The van der Waals surface area contributed by atoms with E-state index in [-0.39, 0.29) is 0 Å². The first-order valence-electron chi connectivity index (χ1n) is 11.3. The van der Waals surface area contributed by atoms with Gasteiger partial charge < -0.3 is 4.90 Å². The summed E-state index contributed by atoms with van der Waals surface area (Å²) in [6.07, 6.45) is -2.63. The highest BCUT2D eigenvalue weighted by Gasteiger charge is 2.30. The lowest BCUT2D eigenvalue weighted by atomic mass is 9.92.